The first kappa shape index (κ1) is 18.6. The Morgan fingerprint density at radius 2 is 1.05 bits per heavy atom. The molecule has 0 aromatic carbocycles. The molecule has 0 aromatic heterocycles. The van der Waals surface area contributed by atoms with Crippen molar-refractivity contribution in [3.63, 3.8) is 0 Å². The number of hydrogen-bond donors (Lipinski definition) is 0. The minimum Gasteiger partial charge on any atom is -0.203 e. The summed E-state index contributed by atoms with van der Waals surface area (Å²) >= 11 is 0. The van der Waals surface area contributed by atoms with Crippen molar-refractivity contribution < 1.29 is 52.7 Å². The molecule has 0 radical (unpaired) electrons. The van der Waals surface area contributed by atoms with Crippen LogP contribution in [0.5, 0.6) is 0 Å². The van der Waals surface area contributed by atoms with Crippen molar-refractivity contribution in [1.29, 1.82) is 0 Å². The smallest absolute Gasteiger partial charge is 0.203 e. The van der Waals surface area contributed by atoms with Gasteiger partial charge < -0.3 is 0 Å². The predicted molar refractivity (Wildman–Crippen MR) is 40.4 cm³/mol. The Kier molecular flexibility index (Phi) is 5.55. The van der Waals surface area contributed by atoms with Gasteiger partial charge in [-0.1, -0.05) is 0 Å². The van der Waals surface area contributed by atoms with Gasteiger partial charge in [-0.2, -0.15) is 17.6 Å². The van der Waals surface area contributed by atoms with Crippen LogP contribution >= 0.6 is 0 Å². The quantitative estimate of drug-likeness (QED) is 0.618. The summed E-state index contributed by atoms with van der Waals surface area (Å²) in [6.07, 6.45) is -9.51. The molecule has 0 rings (SSSR count). The van der Waals surface area contributed by atoms with Crippen molar-refractivity contribution in [3.05, 3.63) is 23.3 Å². The molecule has 0 unspecified atom stereocenters. The third-order valence-electron chi connectivity index (χ3n) is 1.71. The highest BCUT2D eigenvalue weighted by molar-refractivity contribution is 5.27. The van der Waals surface area contributed by atoms with E-state index in [1.807, 2.05) is 0 Å². The van der Waals surface area contributed by atoms with E-state index in [2.05, 4.69) is 0 Å². The van der Waals surface area contributed by atoms with Gasteiger partial charge in [0.25, 0.3) is 6.43 Å². The second-order valence-electron chi connectivity index (χ2n) is 3.09. The van der Waals surface area contributed by atoms with Crippen LogP contribution in [0.1, 0.15) is 0 Å². The standard InChI is InChI=1S/C8H2F12/c9-1(5(13)14)2(10)7(17,18)3(11)4(12)8(19,20)6(15)16/h5-6H. The number of alkyl halides is 8. The zero-order valence-electron chi connectivity index (χ0n) is 8.69. The van der Waals surface area contributed by atoms with Gasteiger partial charge in [0, 0.05) is 0 Å². The summed E-state index contributed by atoms with van der Waals surface area (Å²) in [6, 6.07) is 0. The highest BCUT2D eigenvalue weighted by Gasteiger charge is 2.55. The summed E-state index contributed by atoms with van der Waals surface area (Å²) < 4.78 is 145. The van der Waals surface area contributed by atoms with Crippen LogP contribution in [-0.4, -0.2) is 24.7 Å². The molecule has 0 aromatic rings. The Bertz CT molecular complexity index is 417. The number of rotatable bonds is 5. The fourth-order valence-electron chi connectivity index (χ4n) is 0.722. The van der Waals surface area contributed by atoms with E-state index in [0.29, 0.717) is 0 Å². The van der Waals surface area contributed by atoms with Crippen LogP contribution in [0, 0.1) is 0 Å². The molecule has 20 heavy (non-hydrogen) atoms. The summed E-state index contributed by atoms with van der Waals surface area (Å²) in [6.45, 7) is 0. The second kappa shape index (κ2) is 5.95. The van der Waals surface area contributed by atoms with Crippen LogP contribution in [-0.2, 0) is 0 Å². The van der Waals surface area contributed by atoms with Gasteiger partial charge in [0.1, 0.15) is 0 Å². The van der Waals surface area contributed by atoms with Crippen LogP contribution in [0.25, 0.3) is 0 Å². The van der Waals surface area contributed by atoms with Gasteiger partial charge in [0.05, 0.1) is 0 Å². The summed E-state index contributed by atoms with van der Waals surface area (Å²) in [5, 5.41) is 0. The van der Waals surface area contributed by atoms with Crippen molar-refractivity contribution in [2.45, 2.75) is 24.7 Å². The molecule has 0 spiro atoms. The largest absolute Gasteiger partial charge is 0.360 e. The summed E-state index contributed by atoms with van der Waals surface area (Å²) in [5.74, 6) is -28.0. The zero-order valence-corrected chi connectivity index (χ0v) is 8.69. The van der Waals surface area contributed by atoms with Gasteiger partial charge in [-0.3, -0.25) is 0 Å². The van der Waals surface area contributed by atoms with E-state index >= 15 is 0 Å². The Labute approximate surface area is 102 Å². The highest BCUT2D eigenvalue weighted by atomic mass is 19.3. The third kappa shape index (κ3) is 3.39. The zero-order chi connectivity index (χ0) is 16.5. The molecule has 118 valence electrons. The first-order chi connectivity index (χ1) is 8.77. The Balaban J connectivity index is 5.92. The minimum absolute atomic E-state index is 3.56. The van der Waals surface area contributed by atoms with E-state index in [1.165, 1.54) is 0 Å². The molecule has 0 fully saturated rings. The van der Waals surface area contributed by atoms with Crippen molar-refractivity contribution >= 4 is 0 Å². The molecular formula is C8H2F12. The van der Waals surface area contributed by atoms with Crippen molar-refractivity contribution in [2.24, 2.45) is 0 Å². The summed E-state index contributed by atoms with van der Waals surface area (Å²) in [4.78, 5) is 0. The number of hydrogen-bond acceptors (Lipinski definition) is 0. The Hall–Kier alpha value is -1.36. The topological polar surface area (TPSA) is 0 Å². The molecule has 0 atom stereocenters. The second-order valence-corrected chi connectivity index (χ2v) is 3.09. The van der Waals surface area contributed by atoms with Crippen molar-refractivity contribution in [3.8, 4) is 0 Å². The van der Waals surface area contributed by atoms with E-state index in [-0.39, 0.29) is 0 Å². The van der Waals surface area contributed by atoms with Gasteiger partial charge in [0.15, 0.2) is 0 Å². The molecule has 0 amide bonds. The van der Waals surface area contributed by atoms with E-state index in [0.717, 1.165) is 0 Å². The maximum Gasteiger partial charge on any atom is 0.360 e. The van der Waals surface area contributed by atoms with E-state index in [1.54, 1.807) is 0 Å². The molecule has 0 aliphatic carbocycles. The molecular weight excluding hydrogens is 324 g/mol. The van der Waals surface area contributed by atoms with Gasteiger partial charge in [-0.15, -0.1) is 0 Å². The molecule has 0 saturated heterocycles. The van der Waals surface area contributed by atoms with Crippen LogP contribution in [0.3, 0.4) is 0 Å². The van der Waals surface area contributed by atoms with Gasteiger partial charge in [0.2, 0.25) is 23.3 Å². The average Bonchev–Trinajstić information content (AvgIpc) is 2.34. The highest BCUT2D eigenvalue weighted by Crippen LogP contribution is 2.44. The van der Waals surface area contributed by atoms with Crippen LogP contribution < -0.4 is 0 Å². The molecule has 0 aliphatic rings. The molecule has 0 aliphatic heterocycles. The molecule has 0 nitrogen and oxygen atoms in total. The van der Waals surface area contributed by atoms with E-state index < -0.39 is 48.0 Å². The fourth-order valence-corrected chi connectivity index (χ4v) is 0.722. The van der Waals surface area contributed by atoms with E-state index in [4.69, 9.17) is 0 Å². The number of allylic oxidation sites excluding steroid dienone is 4. The molecule has 0 N–H and O–H groups in total. The van der Waals surface area contributed by atoms with Gasteiger partial charge >= 0.3 is 18.3 Å². The lowest BCUT2D eigenvalue weighted by Crippen LogP contribution is -2.31. The minimum atomic E-state index is -6.23. The molecule has 0 heterocycles. The van der Waals surface area contributed by atoms with Gasteiger partial charge in [-0.25, -0.2) is 35.1 Å². The van der Waals surface area contributed by atoms with Gasteiger partial charge in [-0.05, 0) is 0 Å². The SMILES string of the molecule is FC(=C(F)C(F)(F)C(F)=C(F)C(F)(F)C(F)F)C(F)F. The fraction of sp³-hybridized carbons (Fsp3) is 0.500. The predicted octanol–water partition coefficient (Wildman–Crippen LogP) is 5.09. The maximum atomic E-state index is 12.6. The average molecular weight is 326 g/mol. The summed E-state index contributed by atoms with van der Waals surface area (Å²) in [5.41, 5.74) is 0. The number of halogens is 12. The molecule has 12 heteroatoms. The van der Waals surface area contributed by atoms with E-state index in [9.17, 15) is 52.7 Å². The van der Waals surface area contributed by atoms with Crippen LogP contribution in [0.2, 0.25) is 0 Å². The van der Waals surface area contributed by atoms with Crippen molar-refractivity contribution in [1.82, 2.24) is 0 Å². The van der Waals surface area contributed by atoms with Crippen LogP contribution in [0.15, 0.2) is 23.3 Å². The first-order valence-electron chi connectivity index (χ1n) is 4.21. The van der Waals surface area contributed by atoms with Crippen molar-refractivity contribution in [2.75, 3.05) is 0 Å². The Morgan fingerprint density at radius 3 is 1.35 bits per heavy atom. The third-order valence-corrected chi connectivity index (χ3v) is 1.71. The normalized spacial score (nSPS) is 16.5. The summed E-state index contributed by atoms with van der Waals surface area (Å²) in [7, 11) is 0. The lowest BCUT2D eigenvalue weighted by Gasteiger charge is -2.18. The van der Waals surface area contributed by atoms with Crippen LogP contribution in [0.4, 0.5) is 52.7 Å². The maximum absolute atomic E-state index is 12.6. The first-order valence-corrected chi connectivity index (χ1v) is 4.21. The molecule has 0 bridgehead atoms. The Morgan fingerprint density at radius 1 is 0.650 bits per heavy atom. The monoisotopic (exact) mass is 326 g/mol. The molecule has 0 saturated carbocycles. The lowest BCUT2D eigenvalue weighted by atomic mass is 10.1. The lowest BCUT2D eigenvalue weighted by molar-refractivity contribution is -0.118.